The van der Waals surface area contributed by atoms with Crippen LogP contribution in [-0.2, 0) is 4.79 Å². The summed E-state index contributed by atoms with van der Waals surface area (Å²) in [5.74, 6) is -0.421. The molecule has 0 atom stereocenters. The van der Waals surface area contributed by atoms with E-state index in [-0.39, 0.29) is 30.4 Å². The van der Waals surface area contributed by atoms with Crippen molar-refractivity contribution in [1.82, 2.24) is 20.1 Å². The summed E-state index contributed by atoms with van der Waals surface area (Å²) in [4.78, 5) is 42.9. The summed E-state index contributed by atoms with van der Waals surface area (Å²) in [7, 11) is 0. The molecular formula is C16H14N4O3. The van der Waals surface area contributed by atoms with Crippen LogP contribution in [-0.4, -0.2) is 58.3 Å². The highest BCUT2D eigenvalue weighted by atomic mass is 16.2. The number of benzene rings is 1. The Kier molecular flexibility index (Phi) is 3.00. The van der Waals surface area contributed by atoms with Crippen LogP contribution in [0, 0.1) is 0 Å². The number of nitrogens with zero attached hydrogens (tertiary/aromatic N) is 3. The Hall–Kier alpha value is -2.96. The van der Waals surface area contributed by atoms with Gasteiger partial charge in [0.25, 0.3) is 5.91 Å². The minimum atomic E-state index is -0.379. The average molecular weight is 310 g/mol. The number of urea groups is 1. The first-order valence-corrected chi connectivity index (χ1v) is 7.38. The Morgan fingerprint density at radius 3 is 2.65 bits per heavy atom. The standard InChI is InChI=1S/C16H14N4O3/c21-14-7-17-16(23)20(14)11-8-19(9-11)15(22)13-6-5-10-3-1-2-4-12(10)18-13/h1-6,11H,7-9H2,(H,17,23). The molecule has 0 aliphatic carbocycles. The molecule has 1 aromatic carbocycles. The molecule has 1 N–H and O–H groups in total. The average Bonchev–Trinajstić information content (AvgIpc) is 2.85. The van der Waals surface area contributed by atoms with Crippen LogP contribution in [0.4, 0.5) is 4.79 Å². The number of para-hydroxylation sites is 1. The predicted octanol–water partition coefficient (Wildman–Crippen LogP) is 0.611. The van der Waals surface area contributed by atoms with E-state index in [0.29, 0.717) is 18.8 Å². The van der Waals surface area contributed by atoms with Crippen LogP contribution >= 0.6 is 0 Å². The molecule has 1 aromatic heterocycles. The molecule has 2 saturated heterocycles. The van der Waals surface area contributed by atoms with Crippen LogP contribution in [0.1, 0.15) is 10.5 Å². The number of pyridine rings is 1. The largest absolute Gasteiger partial charge is 0.333 e. The molecule has 4 rings (SSSR count). The highest BCUT2D eigenvalue weighted by Crippen LogP contribution is 2.20. The van der Waals surface area contributed by atoms with Crippen molar-refractivity contribution in [3.05, 3.63) is 42.1 Å². The van der Waals surface area contributed by atoms with E-state index < -0.39 is 0 Å². The van der Waals surface area contributed by atoms with Gasteiger partial charge in [0.1, 0.15) is 5.69 Å². The summed E-state index contributed by atoms with van der Waals surface area (Å²) in [5, 5.41) is 3.46. The molecule has 2 aliphatic rings. The van der Waals surface area contributed by atoms with Gasteiger partial charge in [0.05, 0.1) is 18.1 Å². The number of hydrogen-bond acceptors (Lipinski definition) is 4. The summed E-state index contributed by atoms with van der Waals surface area (Å²) in [6, 6.07) is 10.5. The maximum atomic E-state index is 12.5. The first-order valence-electron chi connectivity index (χ1n) is 7.38. The van der Waals surface area contributed by atoms with Gasteiger partial charge in [-0.1, -0.05) is 24.3 Å². The molecule has 4 amide bonds. The van der Waals surface area contributed by atoms with E-state index in [0.717, 1.165) is 10.9 Å². The molecule has 116 valence electrons. The molecular weight excluding hydrogens is 296 g/mol. The predicted molar refractivity (Wildman–Crippen MR) is 81.7 cm³/mol. The molecule has 0 spiro atoms. The fourth-order valence-corrected chi connectivity index (χ4v) is 2.94. The number of carbonyl (C=O) groups excluding carboxylic acids is 3. The third kappa shape index (κ3) is 2.21. The summed E-state index contributed by atoms with van der Waals surface area (Å²) in [6.45, 7) is 0.745. The molecule has 3 heterocycles. The molecule has 7 nitrogen and oxygen atoms in total. The molecule has 7 heteroatoms. The first-order chi connectivity index (χ1) is 11.1. The Labute approximate surface area is 131 Å². The Bertz CT molecular complexity index is 813. The Balaban J connectivity index is 1.48. The lowest BCUT2D eigenvalue weighted by Gasteiger charge is -2.42. The number of amides is 4. The maximum Gasteiger partial charge on any atom is 0.324 e. The van der Waals surface area contributed by atoms with Crippen LogP contribution in [0.25, 0.3) is 10.9 Å². The van der Waals surface area contributed by atoms with Gasteiger partial charge < -0.3 is 10.2 Å². The number of hydrogen-bond donors (Lipinski definition) is 1. The van der Waals surface area contributed by atoms with E-state index in [9.17, 15) is 14.4 Å². The van der Waals surface area contributed by atoms with E-state index in [1.807, 2.05) is 30.3 Å². The number of rotatable bonds is 2. The monoisotopic (exact) mass is 310 g/mol. The summed E-state index contributed by atoms with van der Waals surface area (Å²) < 4.78 is 0. The maximum absolute atomic E-state index is 12.5. The van der Waals surface area contributed by atoms with Gasteiger partial charge in [0, 0.05) is 18.5 Å². The van der Waals surface area contributed by atoms with Gasteiger partial charge in [-0.3, -0.25) is 14.5 Å². The lowest BCUT2D eigenvalue weighted by molar-refractivity contribution is -0.128. The molecule has 23 heavy (non-hydrogen) atoms. The number of aromatic nitrogens is 1. The van der Waals surface area contributed by atoms with Crippen molar-refractivity contribution >= 4 is 28.7 Å². The Morgan fingerprint density at radius 2 is 1.91 bits per heavy atom. The van der Waals surface area contributed by atoms with E-state index in [4.69, 9.17) is 0 Å². The van der Waals surface area contributed by atoms with Crippen molar-refractivity contribution in [3.63, 3.8) is 0 Å². The van der Waals surface area contributed by atoms with Gasteiger partial charge in [0.15, 0.2) is 0 Å². The van der Waals surface area contributed by atoms with Gasteiger partial charge in [-0.15, -0.1) is 0 Å². The summed E-state index contributed by atoms with van der Waals surface area (Å²) in [5.41, 5.74) is 1.14. The van der Waals surface area contributed by atoms with Crippen LogP contribution in [0.5, 0.6) is 0 Å². The van der Waals surface area contributed by atoms with Gasteiger partial charge in [0.2, 0.25) is 5.91 Å². The second-order valence-corrected chi connectivity index (χ2v) is 5.68. The summed E-state index contributed by atoms with van der Waals surface area (Å²) in [6.07, 6.45) is 0. The fourth-order valence-electron chi connectivity index (χ4n) is 2.94. The number of carbonyl (C=O) groups is 3. The van der Waals surface area contributed by atoms with Crippen LogP contribution < -0.4 is 5.32 Å². The van der Waals surface area contributed by atoms with Crippen molar-refractivity contribution in [2.45, 2.75) is 6.04 Å². The number of imide groups is 1. The van der Waals surface area contributed by atoms with Crippen molar-refractivity contribution in [2.24, 2.45) is 0 Å². The molecule has 0 bridgehead atoms. The zero-order chi connectivity index (χ0) is 16.0. The van der Waals surface area contributed by atoms with Gasteiger partial charge >= 0.3 is 6.03 Å². The molecule has 2 aromatic rings. The van der Waals surface area contributed by atoms with E-state index >= 15 is 0 Å². The lowest BCUT2D eigenvalue weighted by atomic mass is 10.1. The minimum Gasteiger partial charge on any atom is -0.333 e. The van der Waals surface area contributed by atoms with Crippen LogP contribution in [0.3, 0.4) is 0 Å². The van der Waals surface area contributed by atoms with Gasteiger partial charge in [-0.05, 0) is 12.1 Å². The number of nitrogens with one attached hydrogen (secondary N) is 1. The smallest absolute Gasteiger partial charge is 0.324 e. The van der Waals surface area contributed by atoms with Gasteiger partial charge in [-0.25, -0.2) is 9.78 Å². The molecule has 2 aliphatic heterocycles. The first kappa shape index (κ1) is 13.7. The highest BCUT2D eigenvalue weighted by molar-refractivity contribution is 6.03. The fraction of sp³-hybridized carbons (Fsp3) is 0.250. The molecule has 0 unspecified atom stereocenters. The normalized spacial score (nSPS) is 18.3. The van der Waals surface area contributed by atoms with Crippen molar-refractivity contribution in [2.75, 3.05) is 19.6 Å². The summed E-state index contributed by atoms with van der Waals surface area (Å²) >= 11 is 0. The van der Waals surface area contributed by atoms with E-state index in [1.54, 1.807) is 11.0 Å². The SMILES string of the molecule is O=C(c1ccc2ccccc2n1)N1CC(N2C(=O)CNC2=O)C1. The Morgan fingerprint density at radius 1 is 1.13 bits per heavy atom. The second kappa shape index (κ2) is 5.05. The van der Waals surface area contributed by atoms with Crippen LogP contribution in [0.2, 0.25) is 0 Å². The molecule has 2 fully saturated rings. The van der Waals surface area contributed by atoms with Crippen molar-refractivity contribution in [1.29, 1.82) is 0 Å². The van der Waals surface area contributed by atoms with E-state index in [2.05, 4.69) is 10.3 Å². The van der Waals surface area contributed by atoms with Crippen molar-refractivity contribution < 1.29 is 14.4 Å². The van der Waals surface area contributed by atoms with Gasteiger partial charge in [-0.2, -0.15) is 0 Å². The quantitative estimate of drug-likeness (QED) is 0.824. The number of likely N-dealkylation sites (tertiary alicyclic amines) is 1. The third-order valence-corrected chi connectivity index (χ3v) is 4.21. The molecule has 0 radical (unpaired) electrons. The zero-order valence-electron chi connectivity index (χ0n) is 12.2. The molecule has 0 saturated carbocycles. The number of fused-ring (bicyclic) bond motifs is 1. The van der Waals surface area contributed by atoms with Crippen LogP contribution in [0.15, 0.2) is 36.4 Å². The van der Waals surface area contributed by atoms with E-state index in [1.165, 1.54) is 4.90 Å². The zero-order valence-corrected chi connectivity index (χ0v) is 12.2. The second-order valence-electron chi connectivity index (χ2n) is 5.68. The minimum absolute atomic E-state index is 0.0372. The third-order valence-electron chi connectivity index (χ3n) is 4.21. The topological polar surface area (TPSA) is 82.6 Å². The highest BCUT2D eigenvalue weighted by Gasteiger charge is 2.43. The lowest BCUT2D eigenvalue weighted by Crippen LogP contribution is -2.62. The van der Waals surface area contributed by atoms with Crippen molar-refractivity contribution in [3.8, 4) is 0 Å².